The van der Waals surface area contributed by atoms with Crippen molar-refractivity contribution >= 4 is 11.6 Å². The number of halogens is 2. The van der Waals surface area contributed by atoms with E-state index in [2.05, 4.69) is 0 Å². The molecule has 2 atom stereocenters. The Balaban J connectivity index is 2.16. The van der Waals surface area contributed by atoms with E-state index in [-0.39, 0.29) is 11.2 Å². The molecular formula is C13H16ClF. The highest BCUT2D eigenvalue weighted by atomic mass is 35.5. The number of alkyl halides is 1. The van der Waals surface area contributed by atoms with Crippen LogP contribution in [-0.2, 0) is 0 Å². The first-order valence-electron chi connectivity index (χ1n) is 5.67. The van der Waals surface area contributed by atoms with Gasteiger partial charge in [0.05, 0.1) is 0 Å². The number of hydrogen-bond donors (Lipinski definition) is 0. The third-order valence-electron chi connectivity index (χ3n) is 3.23. The monoisotopic (exact) mass is 226 g/mol. The molecule has 1 aliphatic rings. The highest BCUT2D eigenvalue weighted by Crippen LogP contribution is 2.35. The Kier molecular flexibility index (Phi) is 3.63. The van der Waals surface area contributed by atoms with E-state index in [1.165, 1.54) is 37.0 Å². The average Bonchev–Trinajstić information content (AvgIpc) is 2.44. The minimum atomic E-state index is -0.168. The lowest BCUT2D eigenvalue weighted by atomic mass is 9.91. The predicted octanol–water partition coefficient (Wildman–Crippen LogP) is 4.48. The summed E-state index contributed by atoms with van der Waals surface area (Å²) >= 11 is 6.37. The summed E-state index contributed by atoms with van der Waals surface area (Å²) in [6, 6.07) is 6.81. The molecule has 1 aromatic rings. The molecule has 0 aliphatic heterocycles. The van der Waals surface area contributed by atoms with Gasteiger partial charge in [0.2, 0.25) is 0 Å². The fourth-order valence-electron chi connectivity index (χ4n) is 2.35. The van der Waals surface area contributed by atoms with Gasteiger partial charge in [-0.1, -0.05) is 31.4 Å². The number of hydrogen-bond acceptors (Lipinski definition) is 0. The smallest absolute Gasteiger partial charge is 0.123 e. The Labute approximate surface area is 95.4 Å². The van der Waals surface area contributed by atoms with Crippen molar-refractivity contribution in [2.24, 2.45) is 0 Å². The number of rotatable bonds is 1. The van der Waals surface area contributed by atoms with Gasteiger partial charge >= 0.3 is 0 Å². The largest absolute Gasteiger partial charge is 0.207 e. The molecule has 1 fully saturated rings. The predicted molar refractivity (Wildman–Crippen MR) is 61.9 cm³/mol. The molecule has 0 bridgehead atoms. The second-order valence-corrected chi connectivity index (χ2v) is 4.87. The molecule has 0 nitrogen and oxygen atoms in total. The van der Waals surface area contributed by atoms with Crippen molar-refractivity contribution in [1.82, 2.24) is 0 Å². The van der Waals surface area contributed by atoms with Crippen LogP contribution in [0.25, 0.3) is 0 Å². The zero-order valence-electron chi connectivity index (χ0n) is 8.76. The lowest BCUT2D eigenvalue weighted by molar-refractivity contribution is 0.593. The minimum absolute atomic E-state index is 0.168. The zero-order valence-corrected chi connectivity index (χ0v) is 9.51. The Morgan fingerprint density at radius 2 is 1.67 bits per heavy atom. The van der Waals surface area contributed by atoms with E-state index in [1.807, 2.05) is 12.1 Å². The lowest BCUT2D eigenvalue weighted by Crippen LogP contribution is -2.11. The summed E-state index contributed by atoms with van der Waals surface area (Å²) in [5, 5.41) is 0.220. The molecule has 1 saturated carbocycles. The van der Waals surface area contributed by atoms with E-state index in [0.717, 1.165) is 12.8 Å². The Morgan fingerprint density at radius 1 is 1.00 bits per heavy atom. The third-order valence-corrected chi connectivity index (χ3v) is 3.75. The van der Waals surface area contributed by atoms with Crippen LogP contribution in [0.2, 0.25) is 0 Å². The van der Waals surface area contributed by atoms with Crippen molar-refractivity contribution in [2.75, 3.05) is 0 Å². The molecule has 1 aliphatic carbocycles. The molecule has 15 heavy (non-hydrogen) atoms. The summed E-state index contributed by atoms with van der Waals surface area (Å²) in [5.74, 6) is 0.244. The fourth-order valence-corrected chi connectivity index (χ4v) is 2.77. The van der Waals surface area contributed by atoms with Gasteiger partial charge in [0, 0.05) is 11.3 Å². The van der Waals surface area contributed by atoms with Crippen LogP contribution in [0.3, 0.4) is 0 Å². The van der Waals surface area contributed by atoms with Crippen LogP contribution >= 0.6 is 11.6 Å². The van der Waals surface area contributed by atoms with Crippen LogP contribution in [0.15, 0.2) is 24.3 Å². The summed E-state index contributed by atoms with van der Waals surface area (Å²) in [7, 11) is 0. The van der Waals surface area contributed by atoms with Gasteiger partial charge in [-0.3, -0.25) is 0 Å². The summed E-state index contributed by atoms with van der Waals surface area (Å²) in [4.78, 5) is 0. The molecule has 0 saturated heterocycles. The molecule has 0 spiro atoms. The van der Waals surface area contributed by atoms with Gasteiger partial charge in [-0.05, 0) is 30.5 Å². The molecule has 1 aromatic carbocycles. The van der Waals surface area contributed by atoms with Gasteiger partial charge in [-0.15, -0.1) is 11.6 Å². The molecular weight excluding hydrogens is 211 g/mol. The minimum Gasteiger partial charge on any atom is -0.207 e. The van der Waals surface area contributed by atoms with Crippen LogP contribution in [-0.4, -0.2) is 5.38 Å². The quantitative estimate of drug-likeness (QED) is 0.489. The van der Waals surface area contributed by atoms with E-state index < -0.39 is 0 Å². The van der Waals surface area contributed by atoms with Crippen LogP contribution in [0, 0.1) is 5.82 Å². The fraction of sp³-hybridized carbons (Fsp3) is 0.538. The van der Waals surface area contributed by atoms with Crippen molar-refractivity contribution in [3.63, 3.8) is 0 Å². The maximum absolute atomic E-state index is 12.8. The molecule has 82 valence electrons. The second kappa shape index (κ2) is 4.98. The summed E-state index contributed by atoms with van der Waals surface area (Å²) in [5.41, 5.74) is 1.19. The van der Waals surface area contributed by atoms with E-state index >= 15 is 0 Å². The van der Waals surface area contributed by atoms with Crippen molar-refractivity contribution in [3.8, 4) is 0 Å². The van der Waals surface area contributed by atoms with Crippen molar-refractivity contribution in [3.05, 3.63) is 35.6 Å². The summed E-state index contributed by atoms with van der Waals surface area (Å²) < 4.78 is 12.8. The molecule has 2 unspecified atom stereocenters. The summed E-state index contributed by atoms with van der Waals surface area (Å²) in [6.07, 6.45) is 5.97. The zero-order chi connectivity index (χ0) is 10.7. The van der Waals surface area contributed by atoms with Crippen molar-refractivity contribution < 1.29 is 4.39 Å². The molecule has 0 radical (unpaired) electrons. The van der Waals surface area contributed by atoms with Crippen LogP contribution in [0.4, 0.5) is 4.39 Å². The Hall–Kier alpha value is -0.560. The van der Waals surface area contributed by atoms with Crippen LogP contribution in [0.5, 0.6) is 0 Å². The van der Waals surface area contributed by atoms with E-state index in [4.69, 9.17) is 11.6 Å². The topological polar surface area (TPSA) is 0 Å². The molecule has 0 amide bonds. The highest BCUT2D eigenvalue weighted by Gasteiger charge is 2.22. The maximum Gasteiger partial charge on any atom is 0.123 e. The van der Waals surface area contributed by atoms with Crippen molar-refractivity contribution in [1.29, 1.82) is 0 Å². The van der Waals surface area contributed by atoms with Gasteiger partial charge < -0.3 is 0 Å². The first kappa shape index (κ1) is 10.9. The lowest BCUT2D eigenvalue weighted by Gasteiger charge is -2.19. The molecule has 2 rings (SSSR count). The Morgan fingerprint density at radius 3 is 2.40 bits per heavy atom. The van der Waals surface area contributed by atoms with Crippen molar-refractivity contribution in [2.45, 2.75) is 43.4 Å². The van der Waals surface area contributed by atoms with Gasteiger partial charge in [-0.2, -0.15) is 0 Å². The maximum atomic E-state index is 12.8. The average molecular weight is 227 g/mol. The van der Waals surface area contributed by atoms with Crippen LogP contribution in [0.1, 0.15) is 43.6 Å². The third kappa shape index (κ3) is 2.72. The standard InChI is InChI=1S/C13H16ClF/c14-13-5-3-1-2-4-12(13)10-6-8-11(15)9-7-10/h6-9,12-13H,1-5H2. The number of benzene rings is 1. The molecule has 0 N–H and O–H groups in total. The SMILES string of the molecule is Fc1ccc(C2CCCCCC2Cl)cc1. The van der Waals surface area contributed by atoms with E-state index in [9.17, 15) is 4.39 Å². The van der Waals surface area contributed by atoms with Crippen LogP contribution < -0.4 is 0 Å². The molecule has 2 heteroatoms. The van der Waals surface area contributed by atoms with E-state index in [0.29, 0.717) is 5.92 Å². The molecule has 0 heterocycles. The van der Waals surface area contributed by atoms with E-state index in [1.54, 1.807) is 0 Å². The van der Waals surface area contributed by atoms with Gasteiger partial charge in [0.1, 0.15) is 5.82 Å². The first-order chi connectivity index (χ1) is 7.27. The molecule has 0 aromatic heterocycles. The second-order valence-electron chi connectivity index (χ2n) is 4.31. The normalized spacial score (nSPS) is 27.3. The highest BCUT2D eigenvalue weighted by molar-refractivity contribution is 6.21. The van der Waals surface area contributed by atoms with Gasteiger partial charge in [0.15, 0.2) is 0 Å². The van der Waals surface area contributed by atoms with Gasteiger partial charge in [0.25, 0.3) is 0 Å². The van der Waals surface area contributed by atoms with Gasteiger partial charge in [-0.25, -0.2) is 4.39 Å². The Bertz CT molecular complexity index is 307. The summed E-state index contributed by atoms with van der Waals surface area (Å²) in [6.45, 7) is 0. The first-order valence-corrected chi connectivity index (χ1v) is 6.10.